The summed E-state index contributed by atoms with van der Waals surface area (Å²) in [5, 5.41) is 22.0. The maximum absolute atomic E-state index is 13.4. The Balaban J connectivity index is 2.00. The predicted octanol–water partition coefficient (Wildman–Crippen LogP) is 4.74. The third kappa shape index (κ3) is 4.33. The monoisotopic (exact) mass is 489 g/mol. The van der Waals surface area contributed by atoms with Crippen LogP contribution in [-0.4, -0.2) is 42.7 Å². The summed E-state index contributed by atoms with van der Waals surface area (Å²) in [6.07, 6.45) is 0. The fraction of sp³-hybridized carbons (Fsp3) is 0.214. The van der Waals surface area contributed by atoms with Crippen LogP contribution in [0.5, 0.6) is 23.0 Å². The van der Waals surface area contributed by atoms with Gasteiger partial charge in [0, 0.05) is 5.56 Å². The number of phenols is 1. The van der Waals surface area contributed by atoms with E-state index in [0.717, 1.165) is 5.56 Å². The number of anilines is 1. The smallest absolute Gasteiger partial charge is 0.300 e. The van der Waals surface area contributed by atoms with E-state index in [9.17, 15) is 19.8 Å². The Morgan fingerprint density at radius 2 is 1.75 bits per heavy atom. The summed E-state index contributed by atoms with van der Waals surface area (Å²) in [5.74, 6) is -0.923. The minimum absolute atomic E-state index is 0.123. The van der Waals surface area contributed by atoms with Gasteiger partial charge in [0.25, 0.3) is 11.7 Å². The summed E-state index contributed by atoms with van der Waals surface area (Å²) in [5.41, 5.74) is 1.61. The second kappa shape index (κ2) is 10.0. The van der Waals surface area contributed by atoms with Crippen LogP contribution in [0.25, 0.3) is 5.76 Å². The van der Waals surface area contributed by atoms with Crippen LogP contribution < -0.4 is 19.1 Å². The van der Waals surface area contributed by atoms with Gasteiger partial charge in [0.1, 0.15) is 17.3 Å². The number of aryl methyl sites for hydroxylation is 1. The van der Waals surface area contributed by atoms with Gasteiger partial charge >= 0.3 is 0 Å². The van der Waals surface area contributed by atoms with Crippen molar-refractivity contribution >= 4 is 23.1 Å². The van der Waals surface area contributed by atoms with Crippen molar-refractivity contribution < 1.29 is 34.0 Å². The number of benzene rings is 3. The molecule has 8 heteroatoms. The number of hydrogen-bond acceptors (Lipinski definition) is 7. The van der Waals surface area contributed by atoms with Crippen molar-refractivity contribution in [3.05, 3.63) is 82.9 Å². The number of carbonyl (C=O) groups excluding carboxylic acids is 2. The van der Waals surface area contributed by atoms with Gasteiger partial charge in [0.15, 0.2) is 11.5 Å². The molecule has 1 amide bonds. The maximum atomic E-state index is 13.4. The number of hydrogen-bond donors (Lipinski definition) is 2. The molecule has 1 unspecified atom stereocenters. The van der Waals surface area contributed by atoms with E-state index in [1.54, 1.807) is 54.6 Å². The fourth-order valence-electron chi connectivity index (χ4n) is 4.28. The normalized spacial score (nSPS) is 16.8. The van der Waals surface area contributed by atoms with Gasteiger partial charge in [0.2, 0.25) is 0 Å². The Kier molecular flexibility index (Phi) is 6.87. The van der Waals surface area contributed by atoms with E-state index in [-0.39, 0.29) is 22.8 Å². The van der Waals surface area contributed by atoms with Crippen molar-refractivity contribution in [1.82, 2.24) is 0 Å². The largest absolute Gasteiger partial charge is 0.507 e. The Morgan fingerprint density at radius 1 is 0.972 bits per heavy atom. The average molecular weight is 490 g/mol. The SMILES string of the molecule is CCOc1cc(C2/C(=C(/O)c3cccc(OC)c3)C(=O)C(=O)N2c2cc(C)ccc2O)ccc1OC. The Bertz CT molecular complexity index is 1360. The molecule has 0 aromatic heterocycles. The van der Waals surface area contributed by atoms with Crippen molar-refractivity contribution in [3.63, 3.8) is 0 Å². The van der Waals surface area contributed by atoms with Gasteiger partial charge in [-0.3, -0.25) is 14.5 Å². The van der Waals surface area contributed by atoms with E-state index in [2.05, 4.69) is 0 Å². The number of phenolic OH excluding ortho intramolecular Hbond substituents is 1. The van der Waals surface area contributed by atoms with Crippen molar-refractivity contribution in [3.8, 4) is 23.0 Å². The quantitative estimate of drug-likeness (QED) is 0.280. The number of methoxy groups -OCH3 is 2. The molecule has 0 bridgehead atoms. The van der Waals surface area contributed by atoms with E-state index < -0.39 is 17.7 Å². The summed E-state index contributed by atoms with van der Waals surface area (Å²) >= 11 is 0. The highest BCUT2D eigenvalue weighted by molar-refractivity contribution is 6.52. The number of nitrogens with zero attached hydrogens (tertiary/aromatic N) is 1. The van der Waals surface area contributed by atoms with Crippen LogP contribution in [0.1, 0.15) is 29.7 Å². The van der Waals surface area contributed by atoms with E-state index in [1.807, 2.05) is 13.8 Å². The molecule has 0 radical (unpaired) electrons. The third-order valence-electron chi connectivity index (χ3n) is 5.98. The van der Waals surface area contributed by atoms with Gasteiger partial charge in [-0.15, -0.1) is 0 Å². The number of ether oxygens (including phenoxy) is 3. The lowest BCUT2D eigenvalue weighted by molar-refractivity contribution is -0.132. The third-order valence-corrected chi connectivity index (χ3v) is 5.98. The molecule has 36 heavy (non-hydrogen) atoms. The molecule has 3 aromatic rings. The van der Waals surface area contributed by atoms with Crippen molar-refractivity contribution in [2.45, 2.75) is 19.9 Å². The maximum Gasteiger partial charge on any atom is 0.300 e. The second-order valence-electron chi connectivity index (χ2n) is 8.24. The number of amides is 1. The van der Waals surface area contributed by atoms with Crippen LogP contribution in [0.3, 0.4) is 0 Å². The van der Waals surface area contributed by atoms with Crippen LogP contribution in [-0.2, 0) is 9.59 Å². The number of aliphatic hydroxyl groups excluding tert-OH is 1. The van der Waals surface area contributed by atoms with Crippen LogP contribution in [0.2, 0.25) is 0 Å². The first-order valence-electron chi connectivity index (χ1n) is 11.4. The lowest BCUT2D eigenvalue weighted by atomic mass is 9.94. The van der Waals surface area contributed by atoms with Crippen molar-refractivity contribution in [2.75, 3.05) is 25.7 Å². The molecule has 3 aromatic carbocycles. The molecule has 4 rings (SSSR count). The summed E-state index contributed by atoms with van der Waals surface area (Å²) in [6, 6.07) is 15.3. The first-order chi connectivity index (χ1) is 17.3. The molecular formula is C28H27NO7. The molecule has 1 saturated heterocycles. The number of carbonyl (C=O) groups is 2. The molecule has 1 atom stereocenters. The van der Waals surface area contributed by atoms with Crippen LogP contribution >= 0.6 is 0 Å². The van der Waals surface area contributed by atoms with Crippen LogP contribution in [0.4, 0.5) is 5.69 Å². The summed E-state index contributed by atoms with van der Waals surface area (Å²) in [4.78, 5) is 28.0. The standard InChI is InChI=1S/C28H27NO7/c1-5-36-23-15-17(10-12-22(23)35-4)25-24(26(31)18-7-6-8-19(14-18)34-3)27(32)28(33)29(25)20-13-16(2)9-11-21(20)30/h6-15,25,30-31H,5H2,1-4H3/b26-24-. The summed E-state index contributed by atoms with van der Waals surface area (Å²) in [7, 11) is 3.00. The molecule has 1 heterocycles. The molecule has 0 aliphatic carbocycles. The van der Waals surface area contributed by atoms with Gasteiger partial charge < -0.3 is 24.4 Å². The lowest BCUT2D eigenvalue weighted by Crippen LogP contribution is -2.29. The van der Waals surface area contributed by atoms with E-state index in [1.165, 1.54) is 25.2 Å². The zero-order valence-corrected chi connectivity index (χ0v) is 20.4. The van der Waals surface area contributed by atoms with Crippen molar-refractivity contribution in [2.24, 2.45) is 0 Å². The fourth-order valence-corrected chi connectivity index (χ4v) is 4.28. The first-order valence-corrected chi connectivity index (χ1v) is 11.4. The molecule has 186 valence electrons. The van der Waals surface area contributed by atoms with E-state index >= 15 is 0 Å². The molecule has 1 fully saturated rings. The number of aromatic hydroxyl groups is 1. The molecule has 1 aliphatic heterocycles. The molecule has 8 nitrogen and oxygen atoms in total. The van der Waals surface area contributed by atoms with Gasteiger partial charge in [-0.2, -0.15) is 0 Å². The predicted molar refractivity (Wildman–Crippen MR) is 135 cm³/mol. The van der Waals surface area contributed by atoms with Crippen molar-refractivity contribution in [1.29, 1.82) is 0 Å². The summed E-state index contributed by atoms with van der Waals surface area (Å²) in [6.45, 7) is 4.00. The van der Waals surface area contributed by atoms with Crippen LogP contribution in [0, 0.1) is 6.92 Å². The molecular weight excluding hydrogens is 462 g/mol. The number of rotatable bonds is 7. The van der Waals surface area contributed by atoms with Gasteiger partial charge in [-0.1, -0.05) is 24.3 Å². The zero-order valence-electron chi connectivity index (χ0n) is 20.4. The molecule has 2 N–H and O–H groups in total. The minimum Gasteiger partial charge on any atom is -0.507 e. The van der Waals surface area contributed by atoms with Crippen LogP contribution in [0.15, 0.2) is 66.2 Å². The zero-order chi connectivity index (χ0) is 26.0. The number of aliphatic hydroxyl groups is 1. The molecule has 1 aliphatic rings. The Morgan fingerprint density at radius 3 is 2.44 bits per heavy atom. The lowest BCUT2D eigenvalue weighted by Gasteiger charge is -2.27. The van der Waals surface area contributed by atoms with Gasteiger partial charge in [0.05, 0.1) is 38.1 Å². The highest BCUT2D eigenvalue weighted by atomic mass is 16.5. The Hall–Kier alpha value is -4.46. The van der Waals surface area contributed by atoms with Gasteiger partial charge in [-0.25, -0.2) is 0 Å². The molecule has 0 spiro atoms. The molecule has 0 saturated carbocycles. The highest BCUT2D eigenvalue weighted by Gasteiger charge is 2.48. The average Bonchev–Trinajstić information content (AvgIpc) is 3.15. The summed E-state index contributed by atoms with van der Waals surface area (Å²) < 4.78 is 16.4. The number of Topliss-reactive ketones (excluding diaryl/α,β-unsaturated/α-hetero) is 1. The second-order valence-corrected chi connectivity index (χ2v) is 8.24. The minimum atomic E-state index is -1.05. The highest BCUT2D eigenvalue weighted by Crippen LogP contribution is 2.46. The number of ketones is 1. The van der Waals surface area contributed by atoms with E-state index in [4.69, 9.17) is 14.2 Å². The Labute approximate surface area is 209 Å². The van der Waals surface area contributed by atoms with E-state index in [0.29, 0.717) is 35.0 Å². The first kappa shape index (κ1) is 24.7. The topological polar surface area (TPSA) is 106 Å². The van der Waals surface area contributed by atoms with Gasteiger partial charge in [-0.05, 0) is 61.4 Å².